The molecule has 0 fully saturated rings. The third-order valence-corrected chi connectivity index (χ3v) is 2.72. The molecular weight excluding hydrogens is 238 g/mol. The number of ether oxygens (including phenoxy) is 1. The summed E-state index contributed by atoms with van der Waals surface area (Å²) in [6.45, 7) is 0.506. The van der Waals surface area contributed by atoms with E-state index in [1.165, 1.54) is 0 Å². The molecule has 0 aliphatic heterocycles. The summed E-state index contributed by atoms with van der Waals surface area (Å²) < 4.78 is 11.0. The molecule has 2 aromatic rings. The Hall–Kier alpha value is -1.45. The van der Waals surface area contributed by atoms with Gasteiger partial charge in [-0.3, -0.25) is 0 Å². The van der Waals surface area contributed by atoms with Crippen LogP contribution < -0.4 is 10.1 Å². The first-order valence-corrected chi connectivity index (χ1v) is 5.76. The second-order valence-electron chi connectivity index (χ2n) is 3.62. The van der Waals surface area contributed by atoms with Crippen LogP contribution in [-0.2, 0) is 0 Å². The molecule has 4 heteroatoms. The van der Waals surface area contributed by atoms with Crippen LogP contribution in [0, 0.1) is 0 Å². The Morgan fingerprint density at radius 2 is 2.06 bits per heavy atom. The van der Waals surface area contributed by atoms with Crippen LogP contribution in [0.5, 0.6) is 5.75 Å². The Bertz CT molecular complexity index is 439. The van der Waals surface area contributed by atoms with Gasteiger partial charge in [-0.1, -0.05) is 11.6 Å². The minimum atomic E-state index is 0.0423. The van der Waals surface area contributed by atoms with Crippen molar-refractivity contribution in [1.82, 2.24) is 5.32 Å². The second kappa shape index (κ2) is 5.75. The van der Waals surface area contributed by atoms with Crippen molar-refractivity contribution < 1.29 is 9.15 Å². The number of benzene rings is 1. The molecule has 1 atom stereocenters. The van der Waals surface area contributed by atoms with Gasteiger partial charge in [-0.05, 0) is 43.4 Å². The van der Waals surface area contributed by atoms with Crippen LogP contribution in [0.4, 0.5) is 0 Å². The maximum absolute atomic E-state index is 5.80. The van der Waals surface area contributed by atoms with E-state index in [-0.39, 0.29) is 6.04 Å². The molecule has 1 heterocycles. The minimum absolute atomic E-state index is 0.0423. The van der Waals surface area contributed by atoms with Gasteiger partial charge in [0.2, 0.25) is 0 Å². The fraction of sp³-hybridized carbons (Fsp3) is 0.231. The predicted octanol–water partition coefficient (Wildman–Crippen LogP) is 3.27. The van der Waals surface area contributed by atoms with Gasteiger partial charge in [0, 0.05) is 5.02 Å². The molecule has 3 nitrogen and oxygen atoms in total. The molecule has 1 N–H and O–H groups in total. The monoisotopic (exact) mass is 251 g/mol. The van der Waals surface area contributed by atoms with Gasteiger partial charge >= 0.3 is 0 Å². The third-order valence-electron chi connectivity index (χ3n) is 2.47. The van der Waals surface area contributed by atoms with Crippen LogP contribution in [0.2, 0.25) is 5.02 Å². The number of hydrogen-bond acceptors (Lipinski definition) is 3. The summed E-state index contributed by atoms with van der Waals surface area (Å²) >= 11 is 5.80. The van der Waals surface area contributed by atoms with Gasteiger partial charge in [0.25, 0.3) is 0 Å². The lowest BCUT2D eigenvalue weighted by molar-refractivity contribution is 0.253. The average molecular weight is 252 g/mol. The molecule has 2 rings (SSSR count). The number of rotatable bonds is 5. The van der Waals surface area contributed by atoms with E-state index in [0.29, 0.717) is 11.6 Å². The molecule has 1 aromatic heterocycles. The lowest BCUT2D eigenvalue weighted by Gasteiger charge is -2.14. The number of nitrogens with one attached hydrogen (secondary N) is 1. The first-order chi connectivity index (χ1) is 8.29. The summed E-state index contributed by atoms with van der Waals surface area (Å²) in [6, 6.07) is 11.1. The van der Waals surface area contributed by atoms with E-state index in [2.05, 4.69) is 5.32 Å². The van der Waals surface area contributed by atoms with Crippen molar-refractivity contribution in [1.29, 1.82) is 0 Å². The van der Waals surface area contributed by atoms with Gasteiger partial charge in [-0.2, -0.15) is 0 Å². The van der Waals surface area contributed by atoms with E-state index < -0.39 is 0 Å². The summed E-state index contributed by atoms with van der Waals surface area (Å²) in [6.07, 6.45) is 1.65. The smallest absolute Gasteiger partial charge is 0.124 e. The summed E-state index contributed by atoms with van der Waals surface area (Å²) in [5.74, 6) is 1.66. The summed E-state index contributed by atoms with van der Waals surface area (Å²) in [7, 11) is 1.87. The molecule has 0 saturated heterocycles. The normalized spacial score (nSPS) is 12.4. The van der Waals surface area contributed by atoms with Gasteiger partial charge in [-0.15, -0.1) is 0 Å². The van der Waals surface area contributed by atoms with Crippen molar-refractivity contribution in [3.05, 3.63) is 53.4 Å². The molecular formula is C13H14ClNO2. The van der Waals surface area contributed by atoms with Crippen molar-refractivity contribution in [3.8, 4) is 5.75 Å². The van der Waals surface area contributed by atoms with Crippen molar-refractivity contribution in [2.45, 2.75) is 6.04 Å². The van der Waals surface area contributed by atoms with Gasteiger partial charge in [0.1, 0.15) is 18.1 Å². The molecule has 1 aromatic carbocycles. The first-order valence-electron chi connectivity index (χ1n) is 5.38. The zero-order valence-corrected chi connectivity index (χ0v) is 10.3. The molecule has 90 valence electrons. The number of furan rings is 1. The molecule has 1 unspecified atom stereocenters. The zero-order chi connectivity index (χ0) is 12.1. The first kappa shape index (κ1) is 12.0. The number of likely N-dealkylation sites (N-methyl/N-ethyl adjacent to an activating group) is 1. The van der Waals surface area contributed by atoms with Crippen LogP contribution in [0.25, 0.3) is 0 Å². The van der Waals surface area contributed by atoms with Crippen molar-refractivity contribution in [2.24, 2.45) is 0 Å². The van der Waals surface area contributed by atoms with E-state index >= 15 is 0 Å². The largest absolute Gasteiger partial charge is 0.491 e. The third kappa shape index (κ3) is 3.25. The maximum atomic E-state index is 5.80. The quantitative estimate of drug-likeness (QED) is 0.886. The molecule has 0 aliphatic rings. The van der Waals surface area contributed by atoms with E-state index in [1.807, 2.05) is 31.3 Å². The van der Waals surface area contributed by atoms with E-state index in [4.69, 9.17) is 20.8 Å². The van der Waals surface area contributed by atoms with Crippen molar-refractivity contribution in [2.75, 3.05) is 13.7 Å². The molecule has 0 spiro atoms. The highest BCUT2D eigenvalue weighted by molar-refractivity contribution is 6.30. The van der Waals surface area contributed by atoms with E-state index in [0.717, 1.165) is 11.5 Å². The van der Waals surface area contributed by atoms with Crippen LogP contribution in [0.15, 0.2) is 47.1 Å². The number of hydrogen-bond donors (Lipinski definition) is 1. The van der Waals surface area contributed by atoms with Crippen LogP contribution >= 0.6 is 11.6 Å². The topological polar surface area (TPSA) is 34.4 Å². The molecule has 0 saturated carbocycles. The highest BCUT2D eigenvalue weighted by Gasteiger charge is 2.12. The summed E-state index contributed by atoms with van der Waals surface area (Å²) in [5.41, 5.74) is 0. The van der Waals surface area contributed by atoms with Crippen molar-refractivity contribution in [3.63, 3.8) is 0 Å². The van der Waals surface area contributed by atoms with E-state index in [9.17, 15) is 0 Å². The molecule has 0 radical (unpaired) electrons. The van der Waals surface area contributed by atoms with Crippen LogP contribution in [0.3, 0.4) is 0 Å². The average Bonchev–Trinajstić information content (AvgIpc) is 2.86. The Morgan fingerprint density at radius 1 is 1.29 bits per heavy atom. The fourth-order valence-electron chi connectivity index (χ4n) is 1.51. The van der Waals surface area contributed by atoms with Gasteiger partial charge in [-0.25, -0.2) is 0 Å². The molecule has 0 bridgehead atoms. The summed E-state index contributed by atoms with van der Waals surface area (Å²) in [5, 5.41) is 3.84. The summed E-state index contributed by atoms with van der Waals surface area (Å²) in [4.78, 5) is 0. The highest BCUT2D eigenvalue weighted by Crippen LogP contribution is 2.18. The van der Waals surface area contributed by atoms with Crippen LogP contribution in [0.1, 0.15) is 11.8 Å². The van der Waals surface area contributed by atoms with Gasteiger partial charge < -0.3 is 14.5 Å². The van der Waals surface area contributed by atoms with Gasteiger partial charge in [0.15, 0.2) is 0 Å². The highest BCUT2D eigenvalue weighted by atomic mass is 35.5. The molecule has 0 aliphatic carbocycles. The minimum Gasteiger partial charge on any atom is -0.491 e. The van der Waals surface area contributed by atoms with E-state index in [1.54, 1.807) is 18.4 Å². The fourth-order valence-corrected chi connectivity index (χ4v) is 1.63. The Morgan fingerprint density at radius 3 is 2.65 bits per heavy atom. The standard InChI is InChI=1S/C13H14ClNO2/c1-15-12(13-3-2-8-16-13)9-17-11-6-4-10(14)5-7-11/h2-8,12,15H,9H2,1H3. The Labute approximate surface area is 105 Å². The van der Waals surface area contributed by atoms with Gasteiger partial charge in [0.05, 0.1) is 12.3 Å². The second-order valence-corrected chi connectivity index (χ2v) is 4.06. The zero-order valence-electron chi connectivity index (χ0n) is 9.52. The molecule has 17 heavy (non-hydrogen) atoms. The Balaban J connectivity index is 1.94. The number of halogens is 1. The lowest BCUT2D eigenvalue weighted by Crippen LogP contribution is -2.22. The van der Waals surface area contributed by atoms with Crippen molar-refractivity contribution >= 4 is 11.6 Å². The molecule has 0 amide bonds. The predicted molar refractivity (Wildman–Crippen MR) is 67.5 cm³/mol. The SMILES string of the molecule is CNC(COc1ccc(Cl)cc1)c1ccco1. The van der Waals surface area contributed by atoms with Crippen LogP contribution in [-0.4, -0.2) is 13.7 Å². The lowest BCUT2D eigenvalue weighted by atomic mass is 10.2. The maximum Gasteiger partial charge on any atom is 0.124 e. The Kier molecular flexibility index (Phi) is 4.07.